The Balaban J connectivity index is 2.60. The van der Waals surface area contributed by atoms with Crippen molar-refractivity contribution < 1.29 is 8.81 Å². The maximum atomic E-state index is 13.3. The van der Waals surface area contributed by atoms with Crippen LogP contribution in [-0.2, 0) is 0 Å². The summed E-state index contributed by atoms with van der Waals surface area (Å²) in [6.45, 7) is 6.91. The van der Waals surface area contributed by atoms with Crippen molar-refractivity contribution in [3.05, 3.63) is 33.7 Å². The second-order valence-corrected chi connectivity index (χ2v) is 4.99. The third-order valence-electron chi connectivity index (χ3n) is 2.90. The van der Waals surface area contributed by atoms with Crippen LogP contribution in [0.1, 0.15) is 31.2 Å². The lowest BCUT2D eigenvalue weighted by molar-refractivity contribution is 0.455. The van der Waals surface area contributed by atoms with Crippen LogP contribution in [0.2, 0.25) is 0 Å². The van der Waals surface area contributed by atoms with E-state index in [1.165, 1.54) is 12.1 Å². The monoisotopic (exact) mass is 299 g/mol. The summed E-state index contributed by atoms with van der Waals surface area (Å²) in [4.78, 5) is 0. The van der Waals surface area contributed by atoms with E-state index < -0.39 is 0 Å². The lowest BCUT2D eigenvalue weighted by atomic mass is 10.1. The lowest BCUT2D eigenvalue weighted by Crippen LogP contribution is -2.17. The van der Waals surface area contributed by atoms with Gasteiger partial charge in [-0.1, -0.05) is 6.92 Å². The normalized spacial score (nSPS) is 13.2. The van der Waals surface area contributed by atoms with Crippen LogP contribution in [0.15, 0.2) is 21.0 Å². The Labute approximate surface area is 108 Å². The van der Waals surface area contributed by atoms with E-state index in [1.54, 1.807) is 0 Å². The molecule has 0 saturated heterocycles. The van der Waals surface area contributed by atoms with Gasteiger partial charge in [-0.05, 0) is 48.5 Å². The molecule has 0 radical (unpaired) electrons. The van der Waals surface area contributed by atoms with E-state index in [0.717, 1.165) is 23.3 Å². The van der Waals surface area contributed by atoms with Crippen molar-refractivity contribution in [1.29, 1.82) is 0 Å². The fraction of sp³-hybridized carbons (Fsp3) is 0.385. The number of rotatable bonds is 3. The molecule has 1 heterocycles. The molecule has 0 bridgehead atoms. The molecule has 1 aromatic carbocycles. The van der Waals surface area contributed by atoms with E-state index in [0.29, 0.717) is 10.1 Å². The van der Waals surface area contributed by atoms with Crippen molar-refractivity contribution in [2.75, 3.05) is 6.54 Å². The number of aryl methyl sites for hydroxylation is 1. The summed E-state index contributed by atoms with van der Waals surface area (Å²) >= 11 is 3.33. The first-order chi connectivity index (χ1) is 8.04. The van der Waals surface area contributed by atoms with Crippen molar-refractivity contribution in [1.82, 2.24) is 5.32 Å². The number of hydrogen-bond donors (Lipinski definition) is 1. The summed E-state index contributed by atoms with van der Waals surface area (Å²) in [5.74, 6) is 0.615. The highest BCUT2D eigenvalue weighted by molar-refractivity contribution is 9.10. The maximum absolute atomic E-state index is 13.3. The van der Waals surface area contributed by atoms with Crippen LogP contribution >= 0.6 is 15.9 Å². The molecule has 92 valence electrons. The van der Waals surface area contributed by atoms with Crippen molar-refractivity contribution in [3.8, 4) is 0 Å². The zero-order chi connectivity index (χ0) is 12.6. The van der Waals surface area contributed by atoms with E-state index in [9.17, 15) is 4.39 Å². The Morgan fingerprint density at radius 2 is 2.18 bits per heavy atom. The van der Waals surface area contributed by atoms with E-state index in [4.69, 9.17) is 4.42 Å². The molecule has 1 atom stereocenters. The molecule has 0 fully saturated rings. The first-order valence-electron chi connectivity index (χ1n) is 5.66. The quantitative estimate of drug-likeness (QED) is 0.913. The van der Waals surface area contributed by atoms with Crippen LogP contribution in [0.5, 0.6) is 0 Å². The van der Waals surface area contributed by atoms with Crippen LogP contribution in [0.25, 0.3) is 11.0 Å². The van der Waals surface area contributed by atoms with Crippen LogP contribution in [-0.4, -0.2) is 6.54 Å². The molecular formula is C13H15BrFNO. The van der Waals surface area contributed by atoms with Gasteiger partial charge in [-0.25, -0.2) is 4.39 Å². The molecule has 1 N–H and O–H groups in total. The van der Waals surface area contributed by atoms with E-state index in [1.807, 2.05) is 20.8 Å². The molecule has 2 rings (SSSR count). The minimum absolute atomic E-state index is 0.127. The summed E-state index contributed by atoms with van der Waals surface area (Å²) in [5.41, 5.74) is 1.71. The third-order valence-corrected chi connectivity index (χ3v) is 3.49. The van der Waals surface area contributed by atoms with Gasteiger partial charge in [0.2, 0.25) is 0 Å². The van der Waals surface area contributed by atoms with E-state index in [2.05, 4.69) is 21.2 Å². The number of benzene rings is 1. The molecule has 0 aliphatic heterocycles. The molecular weight excluding hydrogens is 285 g/mol. The summed E-state index contributed by atoms with van der Waals surface area (Å²) in [7, 11) is 0. The molecule has 2 aromatic rings. The third kappa shape index (κ3) is 2.24. The predicted octanol–water partition coefficient (Wildman–Crippen LogP) is 4.31. The van der Waals surface area contributed by atoms with Crippen molar-refractivity contribution in [2.24, 2.45) is 0 Å². The van der Waals surface area contributed by atoms with Gasteiger partial charge >= 0.3 is 0 Å². The van der Waals surface area contributed by atoms with Gasteiger partial charge in [0.15, 0.2) is 0 Å². The van der Waals surface area contributed by atoms with Crippen LogP contribution < -0.4 is 5.32 Å². The summed E-state index contributed by atoms with van der Waals surface area (Å²) < 4.78 is 19.8. The van der Waals surface area contributed by atoms with Gasteiger partial charge in [0.05, 0.1) is 10.5 Å². The smallest absolute Gasteiger partial charge is 0.149 e. The van der Waals surface area contributed by atoms with Gasteiger partial charge in [-0.3, -0.25) is 0 Å². The number of furan rings is 1. The standard InChI is InChI=1S/C13H15BrFNO/c1-4-16-8(3)12-7(2)10-5-9(15)6-11(14)13(10)17-12/h5-6,8,16H,4H2,1-3H3. The summed E-state index contributed by atoms with van der Waals surface area (Å²) in [6, 6.07) is 3.07. The number of hydrogen-bond acceptors (Lipinski definition) is 2. The fourth-order valence-corrected chi connectivity index (χ4v) is 2.59. The lowest BCUT2D eigenvalue weighted by Gasteiger charge is -2.09. The number of fused-ring (bicyclic) bond motifs is 1. The predicted molar refractivity (Wildman–Crippen MR) is 70.7 cm³/mol. The molecule has 0 aliphatic rings. The summed E-state index contributed by atoms with van der Waals surface area (Å²) in [5, 5.41) is 4.13. The minimum atomic E-state index is -0.254. The second-order valence-electron chi connectivity index (χ2n) is 4.13. The molecule has 1 aromatic heterocycles. The first-order valence-corrected chi connectivity index (χ1v) is 6.45. The van der Waals surface area contributed by atoms with Gasteiger partial charge in [0.25, 0.3) is 0 Å². The largest absolute Gasteiger partial charge is 0.458 e. The molecule has 0 amide bonds. The van der Waals surface area contributed by atoms with Gasteiger partial charge in [0.1, 0.15) is 17.2 Å². The highest BCUT2D eigenvalue weighted by atomic mass is 79.9. The zero-order valence-electron chi connectivity index (χ0n) is 10.1. The minimum Gasteiger partial charge on any atom is -0.458 e. The Bertz CT molecular complexity index is 550. The van der Waals surface area contributed by atoms with Crippen LogP contribution in [0.4, 0.5) is 4.39 Å². The molecule has 1 unspecified atom stereocenters. The highest BCUT2D eigenvalue weighted by Gasteiger charge is 2.18. The Hall–Kier alpha value is -0.870. The van der Waals surface area contributed by atoms with Gasteiger partial charge in [0, 0.05) is 10.9 Å². The summed E-state index contributed by atoms with van der Waals surface area (Å²) in [6.07, 6.45) is 0. The Morgan fingerprint density at radius 1 is 1.47 bits per heavy atom. The molecule has 0 saturated carbocycles. The SMILES string of the molecule is CCNC(C)c1oc2c(Br)cc(F)cc2c1C. The van der Waals surface area contributed by atoms with Gasteiger partial charge in [-0.2, -0.15) is 0 Å². The van der Waals surface area contributed by atoms with E-state index >= 15 is 0 Å². The zero-order valence-corrected chi connectivity index (χ0v) is 11.7. The molecule has 0 spiro atoms. The first kappa shape index (κ1) is 12.6. The molecule has 2 nitrogen and oxygen atoms in total. The van der Waals surface area contributed by atoms with Crippen LogP contribution in [0.3, 0.4) is 0 Å². The average Bonchev–Trinajstić information content (AvgIpc) is 2.57. The highest BCUT2D eigenvalue weighted by Crippen LogP contribution is 2.34. The second kappa shape index (κ2) is 4.78. The molecule has 0 aliphatic carbocycles. The average molecular weight is 300 g/mol. The number of nitrogens with one attached hydrogen (secondary N) is 1. The molecule has 4 heteroatoms. The Morgan fingerprint density at radius 3 is 2.82 bits per heavy atom. The van der Waals surface area contributed by atoms with Crippen molar-refractivity contribution in [2.45, 2.75) is 26.8 Å². The van der Waals surface area contributed by atoms with E-state index in [-0.39, 0.29) is 11.9 Å². The number of halogens is 2. The van der Waals surface area contributed by atoms with Crippen molar-refractivity contribution in [3.63, 3.8) is 0 Å². The Kier molecular flexibility index (Phi) is 3.54. The molecule has 17 heavy (non-hydrogen) atoms. The van der Waals surface area contributed by atoms with Gasteiger partial charge < -0.3 is 9.73 Å². The fourth-order valence-electron chi connectivity index (χ4n) is 2.07. The van der Waals surface area contributed by atoms with Crippen LogP contribution in [0, 0.1) is 12.7 Å². The van der Waals surface area contributed by atoms with Gasteiger partial charge in [-0.15, -0.1) is 0 Å². The topological polar surface area (TPSA) is 25.2 Å². The van der Waals surface area contributed by atoms with Crippen molar-refractivity contribution >= 4 is 26.9 Å². The maximum Gasteiger partial charge on any atom is 0.149 e.